The molecular weight excluding hydrogens is 618 g/mol. The molecule has 47 heavy (non-hydrogen) atoms. The van der Waals surface area contributed by atoms with Gasteiger partial charge in [0, 0.05) is 19.4 Å². The molecule has 4 amide bonds. The fraction of sp³-hybridized carbons (Fsp3) is 0.552. The normalized spacial score (nSPS) is 13.9. The molecule has 0 spiro atoms. The smallest absolute Gasteiger partial charge is 0.326 e. The number of unbranched alkanes of at least 4 members (excludes halogenated alkanes) is 1. The Kier molecular flexibility index (Phi) is 18.7. The first-order chi connectivity index (χ1) is 22.3. The van der Waals surface area contributed by atoms with E-state index < -0.39 is 78.8 Å². The highest BCUT2D eigenvalue weighted by atomic mass is 16.4. The summed E-state index contributed by atoms with van der Waals surface area (Å²) < 4.78 is 0. The van der Waals surface area contributed by atoms with Crippen LogP contribution < -0.4 is 44.2 Å². The van der Waals surface area contributed by atoms with Crippen molar-refractivity contribution in [1.82, 2.24) is 21.3 Å². The van der Waals surface area contributed by atoms with Crippen LogP contribution in [-0.2, 0) is 35.2 Å². The quantitative estimate of drug-likeness (QED) is 0.0309. The lowest BCUT2D eigenvalue weighted by molar-refractivity contribution is -0.143. The average Bonchev–Trinajstić information content (AvgIpc) is 3.02. The number of benzene rings is 1. The number of carboxylic acid groups (broad SMARTS) is 2. The maximum Gasteiger partial charge on any atom is 0.326 e. The van der Waals surface area contributed by atoms with Crippen LogP contribution in [0.1, 0.15) is 50.5 Å². The Morgan fingerprint density at radius 3 is 1.79 bits per heavy atom. The van der Waals surface area contributed by atoms with Crippen molar-refractivity contribution in [2.45, 2.75) is 81.6 Å². The first-order valence-corrected chi connectivity index (χ1v) is 15.1. The first-order valence-electron chi connectivity index (χ1n) is 15.1. The zero-order valence-corrected chi connectivity index (χ0v) is 26.1. The number of carbonyl (C=O) groups is 6. The lowest BCUT2D eigenvalue weighted by atomic mass is 10.0. The number of hydrogen-bond donors (Lipinski definition) is 11. The lowest BCUT2D eigenvalue weighted by Gasteiger charge is -2.26. The van der Waals surface area contributed by atoms with Gasteiger partial charge in [0.05, 0.1) is 6.61 Å². The van der Waals surface area contributed by atoms with Crippen LogP contribution in [-0.4, -0.2) is 107 Å². The van der Waals surface area contributed by atoms with Crippen molar-refractivity contribution in [3.05, 3.63) is 35.9 Å². The number of guanidine groups is 1. The lowest BCUT2D eigenvalue weighted by Crippen LogP contribution is -2.59. The van der Waals surface area contributed by atoms with E-state index in [0.717, 1.165) is 0 Å². The Balaban J connectivity index is 3.21. The summed E-state index contributed by atoms with van der Waals surface area (Å²) >= 11 is 0. The zero-order valence-electron chi connectivity index (χ0n) is 26.1. The number of hydrogen-bond acceptors (Lipinski definition) is 10. The molecule has 5 unspecified atom stereocenters. The van der Waals surface area contributed by atoms with Crippen LogP contribution in [0, 0.1) is 0 Å². The molecule has 18 heteroatoms. The number of nitrogens with two attached hydrogens (primary N) is 4. The highest BCUT2D eigenvalue weighted by Gasteiger charge is 2.32. The van der Waals surface area contributed by atoms with Gasteiger partial charge in [0.15, 0.2) is 5.96 Å². The van der Waals surface area contributed by atoms with E-state index in [2.05, 4.69) is 26.3 Å². The van der Waals surface area contributed by atoms with Crippen molar-refractivity contribution < 1.29 is 44.1 Å². The van der Waals surface area contributed by atoms with E-state index in [1.165, 1.54) is 0 Å². The molecule has 18 nitrogen and oxygen atoms in total. The van der Waals surface area contributed by atoms with E-state index in [1.807, 2.05) is 0 Å². The van der Waals surface area contributed by atoms with Gasteiger partial charge < -0.3 is 59.5 Å². The molecule has 0 bridgehead atoms. The molecule has 262 valence electrons. The van der Waals surface area contributed by atoms with Crippen molar-refractivity contribution in [1.29, 1.82) is 0 Å². The summed E-state index contributed by atoms with van der Waals surface area (Å²) in [5, 5.41) is 37.9. The molecular formula is C29H47N9O9. The van der Waals surface area contributed by atoms with Crippen molar-refractivity contribution in [3.63, 3.8) is 0 Å². The summed E-state index contributed by atoms with van der Waals surface area (Å²) in [4.78, 5) is 79.5. The van der Waals surface area contributed by atoms with Gasteiger partial charge in [-0.3, -0.25) is 29.0 Å². The summed E-state index contributed by atoms with van der Waals surface area (Å²) in [5.74, 6) is -6.19. The second-order valence-electron chi connectivity index (χ2n) is 10.7. The van der Waals surface area contributed by atoms with E-state index in [4.69, 9.17) is 22.9 Å². The number of rotatable bonds is 23. The van der Waals surface area contributed by atoms with Crippen LogP contribution in [0.25, 0.3) is 0 Å². The minimum absolute atomic E-state index is 0.0110. The molecule has 15 N–H and O–H groups in total. The summed E-state index contributed by atoms with van der Waals surface area (Å²) in [7, 11) is 0. The van der Waals surface area contributed by atoms with E-state index >= 15 is 0 Å². The van der Waals surface area contributed by atoms with Gasteiger partial charge in [0.2, 0.25) is 23.6 Å². The van der Waals surface area contributed by atoms with Gasteiger partial charge in [-0.15, -0.1) is 0 Å². The van der Waals surface area contributed by atoms with Gasteiger partial charge in [-0.05, 0) is 50.6 Å². The van der Waals surface area contributed by atoms with Gasteiger partial charge in [-0.2, -0.15) is 0 Å². The molecule has 0 aromatic heterocycles. The van der Waals surface area contributed by atoms with Gasteiger partial charge in [-0.1, -0.05) is 30.3 Å². The third kappa shape index (κ3) is 16.4. The number of amides is 4. The van der Waals surface area contributed by atoms with E-state index in [0.29, 0.717) is 18.4 Å². The Hall–Kier alpha value is -4.81. The molecule has 5 atom stereocenters. The molecule has 0 aliphatic heterocycles. The number of aliphatic hydroxyl groups is 1. The maximum atomic E-state index is 13.5. The number of nitrogens with one attached hydrogen (secondary N) is 4. The van der Waals surface area contributed by atoms with Crippen molar-refractivity contribution in [3.8, 4) is 0 Å². The molecule has 0 heterocycles. The van der Waals surface area contributed by atoms with Crippen LogP contribution in [0.15, 0.2) is 35.3 Å². The Bertz CT molecular complexity index is 1210. The second-order valence-corrected chi connectivity index (χ2v) is 10.7. The molecule has 0 saturated heterocycles. The number of carboxylic acids is 2. The van der Waals surface area contributed by atoms with Crippen LogP contribution in [0.4, 0.5) is 0 Å². The fourth-order valence-electron chi connectivity index (χ4n) is 4.30. The highest BCUT2D eigenvalue weighted by Crippen LogP contribution is 2.09. The SMILES string of the molecule is NCCCCC(NC(=O)C(Cc1ccccc1)NC(=O)C(N)CO)C(=O)NC(CCC(=O)O)C(=O)NC(CCCN=C(N)N)C(=O)O. The van der Waals surface area contributed by atoms with Crippen molar-refractivity contribution in [2.75, 3.05) is 19.7 Å². The van der Waals surface area contributed by atoms with Crippen LogP contribution in [0.3, 0.4) is 0 Å². The third-order valence-electron chi connectivity index (χ3n) is 6.87. The largest absolute Gasteiger partial charge is 0.481 e. The molecule has 0 aliphatic rings. The maximum absolute atomic E-state index is 13.5. The Morgan fingerprint density at radius 1 is 0.723 bits per heavy atom. The standard InChI is InChI=1S/C29H47N9O9/c30-13-5-4-9-19(35-27(45)22(38-24(42)18(31)16-39)15-17-7-2-1-3-8-17)25(43)36-20(11-12-23(40)41)26(44)37-21(28(46)47)10-6-14-34-29(32)33/h1-3,7-8,18-22,39H,4-6,9-16,30-31H2,(H,35,45)(H,36,43)(H,37,44)(H,38,42)(H,40,41)(H,46,47)(H4,32,33,34). The Labute approximate surface area is 272 Å². The van der Waals surface area contributed by atoms with Gasteiger partial charge in [0.1, 0.15) is 30.2 Å². The van der Waals surface area contributed by atoms with E-state index in [9.17, 15) is 44.1 Å². The summed E-state index contributed by atoms with van der Waals surface area (Å²) in [5.41, 5.74) is 22.4. The van der Waals surface area contributed by atoms with Crippen molar-refractivity contribution in [2.24, 2.45) is 27.9 Å². The summed E-state index contributed by atoms with van der Waals surface area (Å²) in [6.45, 7) is -0.283. The topological polar surface area (TPSA) is 328 Å². The molecule has 0 fully saturated rings. The Morgan fingerprint density at radius 2 is 1.26 bits per heavy atom. The van der Waals surface area contributed by atoms with Crippen LogP contribution >= 0.6 is 0 Å². The van der Waals surface area contributed by atoms with Crippen molar-refractivity contribution >= 4 is 41.5 Å². The second kappa shape index (κ2) is 21.8. The van der Waals surface area contributed by atoms with Gasteiger partial charge in [-0.25, -0.2) is 4.79 Å². The molecule has 0 aliphatic carbocycles. The number of carbonyl (C=O) groups excluding carboxylic acids is 4. The van der Waals surface area contributed by atoms with E-state index in [-0.39, 0.29) is 51.2 Å². The molecule has 1 rings (SSSR count). The molecule has 0 radical (unpaired) electrons. The summed E-state index contributed by atoms with van der Waals surface area (Å²) in [6, 6.07) is 2.02. The number of aliphatic hydroxyl groups excluding tert-OH is 1. The zero-order chi connectivity index (χ0) is 35.4. The number of aliphatic imine (C=N–C) groups is 1. The summed E-state index contributed by atoms with van der Waals surface area (Å²) in [6.07, 6.45) is 0.138. The first kappa shape index (κ1) is 40.2. The van der Waals surface area contributed by atoms with E-state index in [1.54, 1.807) is 30.3 Å². The minimum Gasteiger partial charge on any atom is -0.481 e. The van der Waals surface area contributed by atoms with Crippen LogP contribution in [0.5, 0.6) is 0 Å². The van der Waals surface area contributed by atoms with Crippen LogP contribution in [0.2, 0.25) is 0 Å². The third-order valence-corrected chi connectivity index (χ3v) is 6.87. The number of nitrogens with zero attached hydrogens (tertiary/aromatic N) is 1. The minimum atomic E-state index is -1.48. The average molecular weight is 666 g/mol. The predicted molar refractivity (Wildman–Crippen MR) is 170 cm³/mol. The molecule has 1 aromatic rings. The molecule has 0 saturated carbocycles. The molecule has 1 aromatic carbocycles. The fourth-order valence-corrected chi connectivity index (χ4v) is 4.30. The highest BCUT2D eigenvalue weighted by molar-refractivity contribution is 5.95. The number of aliphatic carboxylic acids is 2. The van der Waals surface area contributed by atoms with Gasteiger partial charge >= 0.3 is 11.9 Å². The monoisotopic (exact) mass is 665 g/mol. The predicted octanol–water partition coefficient (Wildman–Crippen LogP) is -3.38. The van der Waals surface area contributed by atoms with Gasteiger partial charge in [0.25, 0.3) is 0 Å².